The zero-order chi connectivity index (χ0) is 19.5. The van der Waals surface area contributed by atoms with Crippen LogP contribution in [0.1, 0.15) is 56.3 Å². The first-order chi connectivity index (χ1) is 12.1. The van der Waals surface area contributed by atoms with Crippen LogP contribution < -0.4 is 4.72 Å². The monoisotopic (exact) mass is 382 g/mol. The molecule has 1 aliphatic carbocycles. The van der Waals surface area contributed by atoms with Crippen LogP contribution in [0.5, 0.6) is 0 Å². The van der Waals surface area contributed by atoms with E-state index in [1.54, 1.807) is 13.8 Å². The fraction of sp³-hybridized carbons (Fsp3) is 0.556. The van der Waals surface area contributed by atoms with Crippen molar-refractivity contribution >= 4 is 21.9 Å². The second-order valence-corrected chi connectivity index (χ2v) is 8.78. The number of likely N-dealkylation sites (N-methyl/N-ethyl adjacent to an activating group) is 1. The van der Waals surface area contributed by atoms with E-state index in [1.807, 2.05) is 0 Å². The zero-order valence-corrected chi connectivity index (χ0v) is 16.2. The largest absolute Gasteiger partial charge is 0.479 e. The lowest BCUT2D eigenvalue weighted by molar-refractivity contribution is -0.151. The minimum atomic E-state index is -3.64. The Morgan fingerprint density at radius 1 is 1.12 bits per heavy atom. The summed E-state index contributed by atoms with van der Waals surface area (Å²) in [6.07, 6.45) is 3.35. The Balaban J connectivity index is 2.25. The predicted molar refractivity (Wildman–Crippen MR) is 97.4 cm³/mol. The van der Waals surface area contributed by atoms with Crippen molar-refractivity contribution < 1.29 is 23.1 Å². The Kier molecular flexibility index (Phi) is 6.08. The van der Waals surface area contributed by atoms with Gasteiger partial charge >= 0.3 is 5.97 Å². The zero-order valence-electron chi connectivity index (χ0n) is 15.4. The van der Waals surface area contributed by atoms with Gasteiger partial charge in [0.15, 0.2) is 0 Å². The normalized spacial score (nSPS) is 17.1. The van der Waals surface area contributed by atoms with Crippen LogP contribution in [0.2, 0.25) is 0 Å². The molecule has 0 atom stereocenters. The van der Waals surface area contributed by atoms with E-state index < -0.39 is 27.4 Å². The molecular weight excluding hydrogens is 356 g/mol. The number of sulfonamides is 1. The van der Waals surface area contributed by atoms with Crippen molar-refractivity contribution in [3.8, 4) is 0 Å². The number of carboxylic acids is 1. The number of rotatable bonds is 6. The van der Waals surface area contributed by atoms with Gasteiger partial charge in [0.25, 0.3) is 5.91 Å². The van der Waals surface area contributed by atoms with E-state index >= 15 is 0 Å². The molecule has 1 fully saturated rings. The van der Waals surface area contributed by atoms with Crippen LogP contribution in [0.4, 0.5) is 0 Å². The first-order valence-corrected chi connectivity index (χ1v) is 10.2. The number of hydrogen-bond donors (Lipinski definition) is 2. The molecule has 0 heterocycles. The van der Waals surface area contributed by atoms with Crippen molar-refractivity contribution in [2.45, 2.75) is 62.4 Å². The molecule has 144 valence electrons. The van der Waals surface area contributed by atoms with Crippen LogP contribution in [0.3, 0.4) is 0 Å². The van der Waals surface area contributed by atoms with E-state index in [0.29, 0.717) is 12.8 Å². The van der Waals surface area contributed by atoms with E-state index in [-0.39, 0.29) is 16.5 Å². The maximum Gasteiger partial charge on any atom is 0.329 e. The number of carbonyl (C=O) groups is 2. The van der Waals surface area contributed by atoms with E-state index in [0.717, 1.165) is 19.3 Å². The molecule has 0 aliphatic heterocycles. The van der Waals surface area contributed by atoms with E-state index in [2.05, 4.69) is 4.72 Å². The van der Waals surface area contributed by atoms with Gasteiger partial charge in [-0.2, -0.15) is 0 Å². The van der Waals surface area contributed by atoms with Crippen molar-refractivity contribution in [3.63, 3.8) is 0 Å². The highest BCUT2D eigenvalue weighted by atomic mass is 32.2. The lowest BCUT2D eigenvalue weighted by Gasteiger charge is -2.41. The Labute approximate surface area is 154 Å². The summed E-state index contributed by atoms with van der Waals surface area (Å²) in [6.45, 7) is 3.44. The van der Waals surface area contributed by atoms with Crippen molar-refractivity contribution in [1.82, 2.24) is 9.62 Å². The maximum atomic E-state index is 12.8. The summed E-state index contributed by atoms with van der Waals surface area (Å²) in [5.74, 6) is -1.41. The molecule has 1 amide bonds. The molecule has 2 rings (SSSR count). The summed E-state index contributed by atoms with van der Waals surface area (Å²) < 4.78 is 26.8. The van der Waals surface area contributed by atoms with E-state index in [1.165, 1.54) is 36.2 Å². The SMILES string of the molecule is CC(C)NS(=O)(=O)c1ccc(C(=O)N(C)C2(C(=O)O)CCCCC2)cc1. The molecule has 0 spiro atoms. The van der Waals surface area contributed by atoms with Gasteiger partial charge in [-0.25, -0.2) is 17.9 Å². The third kappa shape index (κ3) is 4.07. The number of hydrogen-bond acceptors (Lipinski definition) is 4. The van der Waals surface area contributed by atoms with Crippen molar-refractivity contribution in [1.29, 1.82) is 0 Å². The summed E-state index contributed by atoms with van der Waals surface area (Å²) in [7, 11) is -2.13. The second kappa shape index (κ2) is 7.75. The van der Waals surface area contributed by atoms with Crippen molar-refractivity contribution in [2.24, 2.45) is 0 Å². The van der Waals surface area contributed by atoms with Crippen LogP contribution in [0.25, 0.3) is 0 Å². The molecule has 1 aliphatic rings. The van der Waals surface area contributed by atoms with Gasteiger partial charge < -0.3 is 10.0 Å². The molecular formula is C18H26N2O5S. The van der Waals surface area contributed by atoms with Gasteiger partial charge in [-0.3, -0.25) is 4.79 Å². The molecule has 26 heavy (non-hydrogen) atoms. The Bertz CT molecular complexity index is 765. The lowest BCUT2D eigenvalue weighted by Crippen LogP contribution is -2.56. The van der Waals surface area contributed by atoms with Gasteiger partial charge in [0.2, 0.25) is 10.0 Å². The number of nitrogens with zero attached hydrogens (tertiary/aromatic N) is 1. The number of amides is 1. The Hall–Kier alpha value is -1.93. The van der Waals surface area contributed by atoms with Gasteiger partial charge in [-0.1, -0.05) is 19.3 Å². The summed E-state index contributed by atoms with van der Waals surface area (Å²) >= 11 is 0. The molecule has 7 nitrogen and oxygen atoms in total. The molecule has 8 heteroatoms. The average Bonchev–Trinajstić information content (AvgIpc) is 2.60. The molecule has 0 radical (unpaired) electrons. The van der Waals surface area contributed by atoms with Crippen molar-refractivity contribution in [3.05, 3.63) is 29.8 Å². The molecule has 1 aromatic carbocycles. The standard InChI is InChI=1S/C18H26N2O5S/c1-13(2)19-26(24,25)15-9-7-14(8-10-15)16(21)20(3)18(17(22)23)11-5-4-6-12-18/h7-10,13,19H,4-6,11-12H2,1-3H3,(H,22,23). The fourth-order valence-corrected chi connectivity index (χ4v) is 4.62. The highest BCUT2D eigenvalue weighted by molar-refractivity contribution is 7.89. The first-order valence-electron chi connectivity index (χ1n) is 8.74. The van der Waals surface area contributed by atoms with Gasteiger partial charge in [0, 0.05) is 18.7 Å². The van der Waals surface area contributed by atoms with E-state index in [9.17, 15) is 23.1 Å². The number of aliphatic carboxylic acids is 1. The highest BCUT2D eigenvalue weighted by Crippen LogP contribution is 2.34. The molecule has 0 aromatic heterocycles. The smallest absolute Gasteiger partial charge is 0.329 e. The quantitative estimate of drug-likeness (QED) is 0.785. The molecule has 1 aromatic rings. The predicted octanol–water partition coefficient (Wildman–Crippen LogP) is 2.23. The molecule has 0 unspecified atom stereocenters. The van der Waals surface area contributed by atoms with Gasteiger partial charge in [0.05, 0.1) is 4.90 Å². The van der Waals surface area contributed by atoms with E-state index in [4.69, 9.17) is 0 Å². The number of carboxylic acid groups (broad SMARTS) is 1. The molecule has 1 saturated carbocycles. The summed E-state index contributed by atoms with van der Waals surface area (Å²) in [5, 5.41) is 9.71. The number of nitrogens with one attached hydrogen (secondary N) is 1. The first kappa shape index (κ1) is 20.4. The average molecular weight is 382 g/mol. The molecule has 0 saturated heterocycles. The van der Waals surface area contributed by atoms with Crippen molar-refractivity contribution in [2.75, 3.05) is 7.05 Å². The van der Waals surface area contributed by atoms with Crippen LogP contribution in [0, 0.1) is 0 Å². The third-order valence-corrected chi connectivity index (χ3v) is 6.50. The minimum Gasteiger partial charge on any atom is -0.479 e. The van der Waals surface area contributed by atoms with Crippen LogP contribution in [-0.2, 0) is 14.8 Å². The number of benzene rings is 1. The van der Waals surface area contributed by atoms with Gasteiger partial charge in [0.1, 0.15) is 5.54 Å². The fourth-order valence-electron chi connectivity index (χ4n) is 3.37. The Morgan fingerprint density at radius 2 is 1.65 bits per heavy atom. The summed E-state index contributed by atoms with van der Waals surface area (Å²) in [6, 6.07) is 5.33. The summed E-state index contributed by atoms with van der Waals surface area (Å²) in [4.78, 5) is 26.0. The topological polar surface area (TPSA) is 104 Å². The molecule has 0 bridgehead atoms. The van der Waals surface area contributed by atoms with Crippen LogP contribution >= 0.6 is 0 Å². The third-order valence-electron chi connectivity index (χ3n) is 4.83. The second-order valence-electron chi connectivity index (χ2n) is 7.06. The van der Waals surface area contributed by atoms with Gasteiger partial charge in [-0.05, 0) is 51.0 Å². The number of carbonyl (C=O) groups excluding carboxylic acids is 1. The van der Waals surface area contributed by atoms with Crippen LogP contribution in [-0.4, -0.2) is 48.9 Å². The summed E-state index contributed by atoms with van der Waals surface area (Å²) in [5.41, 5.74) is -0.929. The van der Waals surface area contributed by atoms with Crippen LogP contribution in [0.15, 0.2) is 29.2 Å². The van der Waals surface area contributed by atoms with Gasteiger partial charge in [-0.15, -0.1) is 0 Å². The minimum absolute atomic E-state index is 0.0658. The molecule has 2 N–H and O–H groups in total. The Morgan fingerprint density at radius 3 is 2.12 bits per heavy atom. The highest BCUT2D eigenvalue weighted by Gasteiger charge is 2.45. The lowest BCUT2D eigenvalue weighted by atomic mass is 9.80. The maximum absolute atomic E-state index is 12.8.